The lowest BCUT2D eigenvalue weighted by Gasteiger charge is -2.15. The van der Waals surface area contributed by atoms with Gasteiger partial charge in [0.05, 0.1) is 11.8 Å². The fraction of sp³-hybridized carbons (Fsp3) is 0.364. The molecule has 0 radical (unpaired) electrons. The third-order valence-corrected chi connectivity index (χ3v) is 7.21. The maximum atomic E-state index is 12.7. The first-order valence-corrected chi connectivity index (χ1v) is 12.9. The summed E-state index contributed by atoms with van der Waals surface area (Å²) in [5.74, 6) is -0.0492. The molecule has 0 spiro atoms. The summed E-state index contributed by atoms with van der Waals surface area (Å²) in [5.41, 5.74) is 1.74. The molecule has 0 bridgehead atoms. The molecule has 3 aromatic rings. The van der Waals surface area contributed by atoms with E-state index in [4.69, 9.17) is 23.2 Å². The molecule has 0 aliphatic carbocycles. The summed E-state index contributed by atoms with van der Waals surface area (Å²) in [7, 11) is -3.61. The van der Waals surface area contributed by atoms with E-state index in [2.05, 4.69) is 20.1 Å². The van der Waals surface area contributed by atoms with Crippen molar-refractivity contribution in [1.82, 2.24) is 24.9 Å². The second-order valence-electron chi connectivity index (χ2n) is 7.57. The number of tetrazole rings is 1. The largest absolute Gasteiger partial charge is 0.296 e. The zero-order chi connectivity index (χ0) is 23.8. The van der Waals surface area contributed by atoms with Crippen molar-refractivity contribution in [3.8, 4) is 0 Å². The first-order chi connectivity index (χ1) is 15.8. The van der Waals surface area contributed by atoms with E-state index in [1.165, 1.54) is 0 Å². The number of benzene rings is 2. The van der Waals surface area contributed by atoms with Crippen LogP contribution < -0.4 is 4.72 Å². The number of carbonyl (C=O) groups is 1. The Morgan fingerprint density at radius 1 is 1.09 bits per heavy atom. The van der Waals surface area contributed by atoms with Crippen molar-refractivity contribution < 1.29 is 13.2 Å². The lowest BCUT2D eigenvalue weighted by molar-refractivity contribution is -0.121. The maximum absolute atomic E-state index is 12.7. The molecule has 0 saturated heterocycles. The number of carbonyl (C=O) groups excluding carboxylic acids is 1. The van der Waals surface area contributed by atoms with Crippen molar-refractivity contribution >= 4 is 39.0 Å². The van der Waals surface area contributed by atoms with Gasteiger partial charge in [0.1, 0.15) is 6.54 Å². The van der Waals surface area contributed by atoms with E-state index in [-0.39, 0.29) is 24.5 Å². The molecule has 0 aliphatic heterocycles. The van der Waals surface area contributed by atoms with Crippen LogP contribution in [0.2, 0.25) is 10.0 Å². The number of aromatic nitrogens is 4. The van der Waals surface area contributed by atoms with Crippen LogP contribution in [0.15, 0.2) is 48.5 Å². The molecular weight excluding hydrogens is 485 g/mol. The number of nitrogens with zero attached hydrogens (tertiary/aromatic N) is 4. The van der Waals surface area contributed by atoms with Gasteiger partial charge >= 0.3 is 0 Å². The molecule has 0 amide bonds. The van der Waals surface area contributed by atoms with E-state index < -0.39 is 16.1 Å². The molecule has 1 heterocycles. The monoisotopic (exact) mass is 509 g/mol. The molecule has 33 heavy (non-hydrogen) atoms. The molecule has 176 valence electrons. The first-order valence-electron chi connectivity index (χ1n) is 10.5. The van der Waals surface area contributed by atoms with Gasteiger partial charge in [0.25, 0.3) is 0 Å². The third kappa shape index (κ3) is 7.60. The van der Waals surface area contributed by atoms with Crippen LogP contribution in [0.1, 0.15) is 36.7 Å². The minimum absolute atomic E-state index is 0.0595. The standard InChI is InChI=1S/C22H25Cl2N5O3S/c1-2-20(27-33(31,32)13-7-10-16-8-4-3-5-9-16)21(30)15-29-26-22(25-28-29)14-17-18(23)11-6-12-19(17)24/h3-6,8-9,11-12,20,27H,2,7,10,13-15H2,1H3. The van der Waals surface area contributed by atoms with Gasteiger partial charge in [-0.15, -0.1) is 10.2 Å². The van der Waals surface area contributed by atoms with Gasteiger partial charge < -0.3 is 0 Å². The second kappa shape index (κ2) is 11.7. The average Bonchev–Trinajstić information content (AvgIpc) is 3.22. The predicted molar refractivity (Wildman–Crippen MR) is 128 cm³/mol. The van der Waals surface area contributed by atoms with Crippen LogP contribution in [-0.4, -0.2) is 46.2 Å². The van der Waals surface area contributed by atoms with Crippen molar-refractivity contribution in [2.24, 2.45) is 0 Å². The van der Waals surface area contributed by atoms with E-state index in [0.717, 1.165) is 10.4 Å². The van der Waals surface area contributed by atoms with Gasteiger partial charge in [0, 0.05) is 16.5 Å². The number of sulfonamides is 1. The number of Topliss-reactive ketones (excluding diaryl/α,β-unsaturated/α-hetero) is 1. The van der Waals surface area contributed by atoms with Crippen molar-refractivity contribution in [2.45, 2.75) is 45.2 Å². The molecule has 0 aliphatic rings. The third-order valence-electron chi connectivity index (χ3n) is 5.03. The van der Waals surface area contributed by atoms with Crippen molar-refractivity contribution in [1.29, 1.82) is 0 Å². The highest BCUT2D eigenvalue weighted by molar-refractivity contribution is 7.89. The van der Waals surface area contributed by atoms with Gasteiger partial charge in [-0.2, -0.15) is 4.80 Å². The molecule has 1 aromatic heterocycles. The van der Waals surface area contributed by atoms with E-state index in [1.54, 1.807) is 25.1 Å². The van der Waals surface area contributed by atoms with Crippen LogP contribution in [-0.2, 0) is 34.2 Å². The van der Waals surface area contributed by atoms with Gasteiger partial charge in [-0.25, -0.2) is 13.1 Å². The summed E-state index contributed by atoms with van der Waals surface area (Å²) in [4.78, 5) is 13.8. The smallest absolute Gasteiger partial charge is 0.212 e. The first kappa shape index (κ1) is 25.3. The molecular formula is C22H25Cl2N5O3S. The fourth-order valence-electron chi connectivity index (χ4n) is 3.29. The molecule has 1 unspecified atom stereocenters. The van der Waals surface area contributed by atoms with Crippen LogP contribution in [0.4, 0.5) is 0 Å². The van der Waals surface area contributed by atoms with Gasteiger partial charge in [-0.05, 0) is 47.7 Å². The molecule has 0 saturated carbocycles. The van der Waals surface area contributed by atoms with Crippen molar-refractivity contribution in [2.75, 3.05) is 5.75 Å². The summed E-state index contributed by atoms with van der Waals surface area (Å²) in [6, 6.07) is 14.0. The van der Waals surface area contributed by atoms with E-state index in [1.807, 2.05) is 30.3 Å². The minimum Gasteiger partial charge on any atom is -0.296 e. The van der Waals surface area contributed by atoms with E-state index in [9.17, 15) is 13.2 Å². The van der Waals surface area contributed by atoms with Crippen LogP contribution in [0.25, 0.3) is 0 Å². The normalized spacial score (nSPS) is 12.6. The lowest BCUT2D eigenvalue weighted by Crippen LogP contribution is -2.43. The zero-order valence-electron chi connectivity index (χ0n) is 18.1. The molecule has 8 nitrogen and oxygen atoms in total. The molecule has 2 aromatic carbocycles. The Morgan fingerprint density at radius 2 is 1.79 bits per heavy atom. The molecule has 11 heteroatoms. The maximum Gasteiger partial charge on any atom is 0.212 e. The Bertz CT molecular complexity index is 1170. The zero-order valence-corrected chi connectivity index (χ0v) is 20.4. The lowest BCUT2D eigenvalue weighted by atomic mass is 10.1. The van der Waals surface area contributed by atoms with Crippen molar-refractivity contribution in [3.05, 3.63) is 75.5 Å². The topological polar surface area (TPSA) is 107 Å². The second-order valence-corrected chi connectivity index (χ2v) is 10.3. The highest BCUT2D eigenvalue weighted by Gasteiger charge is 2.24. The van der Waals surface area contributed by atoms with E-state index >= 15 is 0 Å². The SMILES string of the molecule is CCC(NS(=O)(=O)CCCc1ccccc1)C(=O)Cn1nnc(Cc2c(Cl)cccc2Cl)n1. The molecule has 0 fully saturated rings. The summed E-state index contributed by atoms with van der Waals surface area (Å²) >= 11 is 12.4. The summed E-state index contributed by atoms with van der Waals surface area (Å²) < 4.78 is 27.5. The fourth-order valence-corrected chi connectivity index (χ4v) is 5.19. The average molecular weight is 510 g/mol. The van der Waals surface area contributed by atoms with E-state index in [0.29, 0.717) is 40.7 Å². The van der Waals surface area contributed by atoms with Crippen LogP contribution in [0.5, 0.6) is 0 Å². The number of hydrogen-bond acceptors (Lipinski definition) is 6. The van der Waals surface area contributed by atoms with Gasteiger partial charge in [0.2, 0.25) is 10.0 Å². The highest BCUT2D eigenvalue weighted by atomic mass is 35.5. The summed E-state index contributed by atoms with van der Waals surface area (Å²) in [6.07, 6.45) is 1.68. The quantitative estimate of drug-likeness (QED) is 0.400. The molecule has 3 rings (SSSR count). The number of hydrogen-bond donors (Lipinski definition) is 1. The Hall–Kier alpha value is -2.33. The van der Waals surface area contributed by atoms with Crippen molar-refractivity contribution in [3.63, 3.8) is 0 Å². The Kier molecular flexibility index (Phi) is 8.96. The van der Waals surface area contributed by atoms with Crippen LogP contribution in [0, 0.1) is 0 Å². The summed E-state index contributed by atoms with van der Waals surface area (Å²) in [6.45, 7) is 1.54. The number of halogens is 2. The van der Waals surface area contributed by atoms with Crippen LogP contribution in [0.3, 0.4) is 0 Å². The number of rotatable bonds is 12. The number of ketones is 1. The Labute approximate surface area is 203 Å². The van der Waals surface area contributed by atoms with Gasteiger partial charge in [-0.3, -0.25) is 4.79 Å². The Morgan fingerprint density at radius 3 is 2.45 bits per heavy atom. The molecule has 1 N–H and O–H groups in total. The summed E-state index contributed by atoms with van der Waals surface area (Å²) in [5, 5.41) is 13.0. The van der Waals surface area contributed by atoms with Crippen LogP contribution >= 0.6 is 23.2 Å². The number of aryl methyl sites for hydroxylation is 1. The predicted octanol–water partition coefficient (Wildman–Crippen LogP) is 3.47. The van der Waals surface area contributed by atoms with Gasteiger partial charge in [0.15, 0.2) is 11.6 Å². The molecule has 1 atom stereocenters. The minimum atomic E-state index is -3.61. The Balaban J connectivity index is 1.55. The highest BCUT2D eigenvalue weighted by Crippen LogP contribution is 2.25. The number of nitrogens with one attached hydrogen (secondary N) is 1. The van der Waals surface area contributed by atoms with Gasteiger partial charge in [-0.1, -0.05) is 66.5 Å².